The lowest BCUT2D eigenvalue weighted by Crippen LogP contribution is -2.39. The third-order valence-corrected chi connectivity index (χ3v) is 3.15. The highest BCUT2D eigenvalue weighted by molar-refractivity contribution is 5.82. The Bertz CT molecular complexity index is 430. The van der Waals surface area contributed by atoms with Gasteiger partial charge in [0.15, 0.2) is 0 Å². The first-order chi connectivity index (χ1) is 8.66. The number of nitrogens with one attached hydrogen (secondary N) is 1. The fraction of sp³-hybridized carbons (Fsp3) is 0.462. The number of nitrogen functional groups attached to an aromatic ring is 1. The molecule has 0 atom stereocenters. The molecule has 3 N–H and O–H groups in total. The molecule has 1 aromatic carbocycles. The van der Waals surface area contributed by atoms with Gasteiger partial charge in [0.2, 0.25) is 5.91 Å². The van der Waals surface area contributed by atoms with Crippen LogP contribution in [0, 0.1) is 5.82 Å². The van der Waals surface area contributed by atoms with Crippen LogP contribution < -0.4 is 11.1 Å². The van der Waals surface area contributed by atoms with Crippen LogP contribution in [0.25, 0.3) is 0 Å². The van der Waals surface area contributed by atoms with Crippen LogP contribution in [0.5, 0.6) is 0 Å². The summed E-state index contributed by atoms with van der Waals surface area (Å²) in [6, 6.07) is 4.09. The SMILES string of the molecule is Nc1ccc(F)cc1NCC(=O)N1CCCCC1. The fourth-order valence-electron chi connectivity index (χ4n) is 2.11. The maximum Gasteiger partial charge on any atom is 0.241 e. The maximum atomic E-state index is 13.0. The van der Waals surface area contributed by atoms with Crippen molar-refractivity contribution < 1.29 is 9.18 Å². The number of hydrogen-bond donors (Lipinski definition) is 2. The van der Waals surface area contributed by atoms with Crippen molar-refractivity contribution in [2.75, 3.05) is 30.7 Å². The van der Waals surface area contributed by atoms with Crippen molar-refractivity contribution in [2.45, 2.75) is 19.3 Å². The van der Waals surface area contributed by atoms with Crippen molar-refractivity contribution in [3.63, 3.8) is 0 Å². The van der Waals surface area contributed by atoms with Gasteiger partial charge in [0.1, 0.15) is 5.82 Å². The molecular weight excluding hydrogens is 233 g/mol. The summed E-state index contributed by atoms with van der Waals surface area (Å²) >= 11 is 0. The van der Waals surface area contributed by atoms with Gasteiger partial charge >= 0.3 is 0 Å². The number of carbonyl (C=O) groups is 1. The minimum absolute atomic E-state index is 0.0401. The summed E-state index contributed by atoms with van der Waals surface area (Å²) in [6.07, 6.45) is 3.32. The number of nitrogens with two attached hydrogens (primary N) is 1. The fourth-order valence-corrected chi connectivity index (χ4v) is 2.11. The first-order valence-corrected chi connectivity index (χ1v) is 6.23. The number of halogens is 1. The summed E-state index contributed by atoms with van der Waals surface area (Å²) in [6.45, 7) is 1.80. The molecule has 0 spiro atoms. The molecule has 1 saturated heterocycles. The molecule has 1 heterocycles. The molecule has 0 saturated carbocycles. The van der Waals surface area contributed by atoms with Crippen molar-refractivity contribution in [2.24, 2.45) is 0 Å². The van der Waals surface area contributed by atoms with E-state index >= 15 is 0 Å². The third kappa shape index (κ3) is 3.12. The van der Waals surface area contributed by atoms with E-state index in [4.69, 9.17) is 5.73 Å². The summed E-state index contributed by atoms with van der Waals surface area (Å²) in [4.78, 5) is 13.7. The molecule has 1 aliphatic rings. The van der Waals surface area contributed by atoms with Crippen molar-refractivity contribution in [1.82, 2.24) is 4.90 Å². The van der Waals surface area contributed by atoms with Crippen LogP contribution in [0.1, 0.15) is 19.3 Å². The van der Waals surface area contributed by atoms with Crippen LogP contribution in [-0.4, -0.2) is 30.4 Å². The Kier molecular flexibility index (Phi) is 4.02. The molecule has 4 nitrogen and oxygen atoms in total. The number of carbonyl (C=O) groups excluding carboxylic acids is 1. The standard InChI is InChI=1S/C13H18FN3O/c14-10-4-5-11(15)12(8-10)16-9-13(18)17-6-2-1-3-7-17/h4-5,8,16H,1-3,6-7,9,15H2. The summed E-state index contributed by atoms with van der Waals surface area (Å²) in [5.41, 5.74) is 6.62. The van der Waals surface area contributed by atoms with E-state index in [1.54, 1.807) is 0 Å². The molecular formula is C13H18FN3O. The van der Waals surface area contributed by atoms with Gasteiger partial charge in [-0.25, -0.2) is 4.39 Å². The van der Waals surface area contributed by atoms with E-state index in [2.05, 4.69) is 5.32 Å². The van der Waals surface area contributed by atoms with Crippen LogP contribution in [0.4, 0.5) is 15.8 Å². The molecule has 2 rings (SSSR count). The van der Waals surface area contributed by atoms with Crippen molar-refractivity contribution in [3.05, 3.63) is 24.0 Å². The summed E-state index contributed by atoms with van der Waals surface area (Å²) in [5, 5.41) is 2.89. The smallest absolute Gasteiger partial charge is 0.241 e. The molecule has 1 amide bonds. The number of amides is 1. The molecule has 0 unspecified atom stereocenters. The summed E-state index contributed by atoms with van der Waals surface area (Å²) in [7, 11) is 0. The zero-order valence-electron chi connectivity index (χ0n) is 10.3. The van der Waals surface area contributed by atoms with Crippen molar-refractivity contribution in [1.29, 1.82) is 0 Å². The zero-order valence-corrected chi connectivity index (χ0v) is 10.3. The molecule has 98 valence electrons. The van der Waals surface area contributed by atoms with Gasteiger partial charge < -0.3 is 16.0 Å². The molecule has 1 aliphatic heterocycles. The first kappa shape index (κ1) is 12.7. The average molecular weight is 251 g/mol. The van der Waals surface area contributed by atoms with E-state index in [0.29, 0.717) is 11.4 Å². The van der Waals surface area contributed by atoms with E-state index in [0.717, 1.165) is 25.9 Å². The number of benzene rings is 1. The van der Waals surface area contributed by atoms with Gasteiger partial charge in [0.25, 0.3) is 0 Å². The molecule has 1 fully saturated rings. The number of likely N-dealkylation sites (tertiary alicyclic amines) is 1. The lowest BCUT2D eigenvalue weighted by Gasteiger charge is -2.27. The second-order valence-electron chi connectivity index (χ2n) is 4.53. The van der Waals surface area contributed by atoms with Crippen molar-refractivity contribution in [3.8, 4) is 0 Å². The number of rotatable bonds is 3. The third-order valence-electron chi connectivity index (χ3n) is 3.15. The number of nitrogens with zero attached hydrogens (tertiary/aromatic N) is 1. The molecule has 0 aliphatic carbocycles. The highest BCUT2D eigenvalue weighted by atomic mass is 19.1. The van der Waals surface area contributed by atoms with Gasteiger partial charge in [-0.3, -0.25) is 4.79 Å². The maximum absolute atomic E-state index is 13.0. The summed E-state index contributed by atoms with van der Waals surface area (Å²) < 4.78 is 13.0. The minimum atomic E-state index is -0.364. The molecule has 0 aromatic heterocycles. The molecule has 18 heavy (non-hydrogen) atoms. The summed E-state index contributed by atoms with van der Waals surface area (Å²) in [5.74, 6) is -0.324. The Morgan fingerprint density at radius 2 is 2.06 bits per heavy atom. The average Bonchev–Trinajstić information content (AvgIpc) is 2.40. The lowest BCUT2D eigenvalue weighted by atomic mass is 10.1. The molecule has 5 heteroatoms. The van der Waals surface area contributed by atoms with Crippen molar-refractivity contribution >= 4 is 17.3 Å². The topological polar surface area (TPSA) is 58.4 Å². The largest absolute Gasteiger partial charge is 0.397 e. The minimum Gasteiger partial charge on any atom is -0.397 e. The van der Waals surface area contributed by atoms with Crippen LogP contribution >= 0.6 is 0 Å². The van der Waals surface area contributed by atoms with Gasteiger partial charge in [0.05, 0.1) is 17.9 Å². The molecule has 0 bridgehead atoms. The number of piperidine rings is 1. The van der Waals surface area contributed by atoms with Crippen LogP contribution in [0.15, 0.2) is 18.2 Å². The predicted molar refractivity (Wildman–Crippen MR) is 69.7 cm³/mol. The monoisotopic (exact) mass is 251 g/mol. The van der Waals surface area contributed by atoms with E-state index in [-0.39, 0.29) is 18.3 Å². The normalized spacial score (nSPS) is 15.5. The van der Waals surface area contributed by atoms with Gasteiger partial charge in [-0.1, -0.05) is 0 Å². The van der Waals surface area contributed by atoms with Crippen LogP contribution in [-0.2, 0) is 4.79 Å². The van der Waals surface area contributed by atoms with Gasteiger partial charge in [-0.15, -0.1) is 0 Å². The van der Waals surface area contributed by atoms with E-state index in [1.165, 1.54) is 24.6 Å². The highest BCUT2D eigenvalue weighted by Gasteiger charge is 2.16. The number of anilines is 2. The first-order valence-electron chi connectivity index (χ1n) is 6.23. The Hall–Kier alpha value is -1.78. The number of hydrogen-bond acceptors (Lipinski definition) is 3. The Morgan fingerprint density at radius 3 is 2.78 bits per heavy atom. The van der Waals surface area contributed by atoms with Crippen LogP contribution in [0.3, 0.4) is 0 Å². The van der Waals surface area contributed by atoms with E-state index in [9.17, 15) is 9.18 Å². The molecule has 1 aromatic rings. The molecule has 0 radical (unpaired) electrons. The van der Waals surface area contributed by atoms with E-state index in [1.807, 2.05) is 4.90 Å². The van der Waals surface area contributed by atoms with Gasteiger partial charge in [0, 0.05) is 13.1 Å². The van der Waals surface area contributed by atoms with Gasteiger partial charge in [-0.2, -0.15) is 0 Å². The Balaban J connectivity index is 1.90. The second-order valence-corrected chi connectivity index (χ2v) is 4.53. The Labute approximate surface area is 106 Å². The quantitative estimate of drug-likeness (QED) is 0.806. The van der Waals surface area contributed by atoms with Gasteiger partial charge in [-0.05, 0) is 37.5 Å². The zero-order chi connectivity index (χ0) is 13.0. The highest BCUT2D eigenvalue weighted by Crippen LogP contribution is 2.19. The lowest BCUT2D eigenvalue weighted by molar-refractivity contribution is -0.130. The Morgan fingerprint density at radius 1 is 1.33 bits per heavy atom. The predicted octanol–water partition coefficient (Wildman–Crippen LogP) is 1.83. The second kappa shape index (κ2) is 5.71. The van der Waals surface area contributed by atoms with Crippen LogP contribution in [0.2, 0.25) is 0 Å². The van der Waals surface area contributed by atoms with E-state index < -0.39 is 0 Å².